The maximum absolute atomic E-state index is 13.1. The Morgan fingerprint density at radius 2 is 1.88 bits per heavy atom. The predicted octanol–water partition coefficient (Wildman–Crippen LogP) is 3.52. The van der Waals surface area contributed by atoms with E-state index in [0.717, 1.165) is 53.3 Å². The van der Waals surface area contributed by atoms with Gasteiger partial charge in [0.15, 0.2) is 0 Å². The maximum Gasteiger partial charge on any atom is 0.254 e. The van der Waals surface area contributed by atoms with Crippen LogP contribution in [-0.4, -0.2) is 32.5 Å². The minimum absolute atomic E-state index is 0.00470. The molecule has 128 valence electrons. The van der Waals surface area contributed by atoms with E-state index >= 15 is 0 Å². The van der Waals surface area contributed by atoms with Gasteiger partial charge in [-0.15, -0.1) is 0 Å². The first-order valence-corrected chi connectivity index (χ1v) is 8.52. The van der Waals surface area contributed by atoms with Crippen LogP contribution in [-0.2, 0) is 0 Å². The number of likely N-dealkylation sites (tertiary alicyclic amines) is 1. The van der Waals surface area contributed by atoms with Crippen molar-refractivity contribution in [1.82, 2.24) is 20.0 Å². The van der Waals surface area contributed by atoms with Gasteiger partial charge in [0.25, 0.3) is 5.91 Å². The molecule has 6 nitrogen and oxygen atoms in total. The highest BCUT2D eigenvalue weighted by atomic mass is 16.5. The lowest BCUT2D eigenvalue weighted by Gasteiger charge is -2.23. The van der Waals surface area contributed by atoms with Crippen LogP contribution >= 0.6 is 0 Å². The minimum Gasteiger partial charge on any atom is -0.361 e. The molecular formula is C19H20N4O2. The van der Waals surface area contributed by atoms with Gasteiger partial charge < -0.3 is 9.42 Å². The molecule has 3 heterocycles. The third-order valence-electron chi connectivity index (χ3n) is 4.82. The second-order valence-electron chi connectivity index (χ2n) is 6.62. The highest BCUT2D eigenvalue weighted by molar-refractivity contribution is 5.97. The molecule has 1 atom stereocenters. The fraction of sp³-hybridized carbons (Fsp3) is 0.368. The summed E-state index contributed by atoms with van der Waals surface area (Å²) in [6.07, 6.45) is 1.87. The Balaban J connectivity index is 1.67. The number of carbonyl (C=O) groups excluding carboxylic acids is 1. The van der Waals surface area contributed by atoms with Gasteiger partial charge in [-0.05, 0) is 51.8 Å². The fourth-order valence-electron chi connectivity index (χ4n) is 3.39. The molecule has 0 N–H and O–H groups in total. The van der Waals surface area contributed by atoms with Gasteiger partial charge in [0.2, 0.25) is 0 Å². The van der Waals surface area contributed by atoms with Gasteiger partial charge in [-0.3, -0.25) is 4.79 Å². The Bertz CT molecular complexity index is 963. The van der Waals surface area contributed by atoms with Crippen LogP contribution in [0.1, 0.15) is 52.1 Å². The Morgan fingerprint density at radius 3 is 2.60 bits per heavy atom. The molecule has 6 heteroatoms. The second-order valence-corrected chi connectivity index (χ2v) is 6.62. The molecule has 0 aliphatic carbocycles. The number of hydrogen-bond acceptors (Lipinski definition) is 5. The van der Waals surface area contributed by atoms with Crippen molar-refractivity contribution in [2.75, 3.05) is 6.54 Å². The summed E-state index contributed by atoms with van der Waals surface area (Å²) in [5.41, 5.74) is 4.82. The molecular weight excluding hydrogens is 316 g/mol. The highest BCUT2D eigenvalue weighted by Gasteiger charge is 2.32. The van der Waals surface area contributed by atoms with Crippen LogP contribution in [0.25, 0.3) is 11.0 Å². The Kier molecular flexibility index (Phi) is 3.75. The van der Waals surface area contributed by atoms with Gasteiger partial charge >= 0.3 is 0 Å². The topological polar surface area (TPSA) is 72.1 Å². The number of rotatable bonds is 2. The normalized spacial score (nSPS) is 17.4. The quantitative estimate of drug-likeness (QED) is 0.716. The van der Waals surface area contributed by atoms with Crippen molar-refractivity contribution in [3.05, 3.63) is 52.7 Å². The van der Waals surface area contributed by atoms with Crippen molar-refractivity contribution in [3.63, 3.8) is 0 Å². The van der Waals surface area contributed by atoms with E-state index in [1.807, 2.05) is 49.9 Å². The summed E-state index contributed by atoms with van der Waals surface area (Å²) in [6.45, 7) is 6.46. The molecule has 1 aliphatic heterocycles. The molecule has 1 amide bonds. The van der Waals surface area contributed by atoms with E-state index in [0.29, 0.717) is 5.56 Å². The molecule has 1 fully saturated rings. The summed E-state index contributed by atoms with van der Waals surface area (Å²) >= 11 is 0. The predicted molar refractivity (Wildman–Crippen MR) is 93.3 cm³/mol. The summed E-state index contributed by atoms with van der Waals surface area (Å²) in [5.74, 6) is 0.770. The van der Waals surface area contributed by atoms with Gasteiger partial charge in [-0.2, -0.15) is 0 Å². The van der Waals surface area contributed by atoms with Crippen LogP contribution < -0.4 is 0 Å². The lowest BCUT2D eigenvalue weighted by atomic mass is 10.1. The molecule has 3 aromatic rings. The number of amides is 1. The first-order chi connectivity index (χ1) is 12.0. The first kappa shape index (κ1) is 15.7. The average molecular weight is 336 g/mol. The summed E-state index contributed by atoms with van der Waals surface area (Å²) in [6, 6.07) is 7.42. The summed E-state index contributed by atoms with van der Waals surface area (Å²) < 4.78 is 5.19. The van der Waals surface area contributed by atoms with Crippen LogP contribution in [0.4, 0.5) is 0 Å². The number of hydrogen-bond donors (Lipinski definition) is 0. The number of aromatic nitrogens is 3. The molecule has 1 aromatic carbocycles. The standard InChI is InChI=1S/C19H20N4O2/c1-11-9-17(22-25-11)18-5-4-8-23(18)19(24)14-6-7-15-16(10-14)21-13(3)12(2)20-15/h6-7,9-10,18H,4-5,8H2,1-3H3/t18-/m0/s1. The van der Waals surface area contributed by atoms with Gasteiger partial charge in [-0.25, -0.2) is 9.97 Å². The molecule has 0 saturated carbocycles. The van der Waals surface area contributed by atoms with E-state index < -0.39 is 0 Å². The Labute approximate surface area is 145 Å². The number of carbonyl (C=O) groups is 1. The van der Waals surface area contributed by atoms with Gasteiger partial charge in [-0.1, -0.05) is 5.16 Å². The Hall–Kier alpha value is -2.76. The minimum atomic E-state index is -0.0218. The fourth-order valence-corrected chi connectivity index (χ4v) is 3.39. The first-order valence-electron chi connectivity index (χ1n) is 8.52. The van der Waals surface area contributed by atoms with E-state index in [1.165, 1.54) is 0 Å². The largest absolute Gasteiger partial charge is 0.361 e. The highest BCUT2D eigenvalue weighted by Crippen LogP contribution is 2.33. The van der Waals surface area contributed by atoms with Crippen LogP contribution in [0.3, 0.4) is 0 Å². The lowest BCUT2D eigenvalue weighted by Crippen LogP contribution is -2.30. The van der Waals surface area contributed by atoms with Crippen molar-refractivity contribution < 1.29 is 9.32 Å². The molecule has 0 bridgehead atoms. The zero-order valence-electron chi connectivity index (χ0n) is 14.6. The lowest BCUT2D eigenvalue weighted by molar-refractivity contribution is 0.0731. The van der Waals surface area contributed by atoms with Gasteiger partial charge in [0.1, 0.15) is 11.5 Å². The zero-order chi connectivity index (χ0) is 17.6. The van der Waals surface area contributed by atoms with E-state index in [2.05, 4.69) is 15.1 Å². The summed E-state index contributed by atoms with van der Waals surface area (Å²) in [7, 11) is 0. The molecule has 1 saturated heterocycles. The third kappa shape index (κ3) is 2.77. The molecule has 1 aliphatic rings. The SMILES string of the molecule is Cc1cc([C@@H]2CCCN2C(=O)c2ccc3nc(C)c(C)nc3c2)no1. The monoisotopic (exact) mass is 336 g/mol. The van der Waals surface area contributed by atoms with Crippen molar-refractivity contribution in [2.24, 2.45) is 0 Å². The number of fused-ring (bicyclic) bond motifs is 1. The van der Waals surface area contributed by atoms with Crippen LogP contribution in [0.5, 0.6) is 0 Å². The van der Waals surface area contributed by atoms with Gasteiger partial charge in [0, 0.05) is 18.2 Å². The van der Waals surface area contributed by atoms with Crippen molar-refractivity contribution >= 4 is 16.9 Å². The molecule has 0 spiro atoms. The van der Waals surface area contributed by atoms with E-state index in [1.54, 1.807) is 0 Å². The Morgan fingerprint density at radius 1 is 1.12 bits per heavy atom. The summed E-state index contributed by atoms with van der Waals surface area (Å²) in [4.78, 5) is 24.0. The maximum atomic E-state index is 13.1. The second kappa shape index (κ2) is 5.95. The smallest absolute Gasteiger partial charge is 0.254 e. The van der Waals surface area contributed by atoms with E-state index in [4.69, 9.17) is 4.52 Å². The number of nitrogens with zero attached hydrogens (tertiary/aromatic N) is 4. The van der Waals surface area contributed by atoms with Gasteiger partial charge in [0.05, 0.1) is 28.5 Å². The molecule has 0 radical (unpaired) electrons. The average Bonchev–Trinajstić information content (AvgIpc) is 3.23. The van der Waals surface area contributed by atoms with E-state index in [9.17, 15) is 4.79 Å². The molecule has 2 aromatic heterocycles. The van der Waals surface area contributed by atoms with Crippen molar-refractivity contribution in [1.29, 1.82) is 0 Å². The van der Waals surface area contributed by atoms with Crippen LogP contribution in [0, 0.1) is 20.8 Å². The molecule has 4 rings (SSSR count). The number of benzene rings is 1. The number of aryl methyl sites for hydroxylation is 3. The molecule has 25 heavy (non-hydrogen) atoms. The molecule has 0 unspecified atom stereocenters. The van der Waals surface area contributed by atoms with E-state index in [-0.39, 0.29) is 11.9 Å². The van der Waals surface area contributed by atoms with Crippen molar-refractivity contribution in [3.8, 4) is 0 Å². The van der Waals surface area contributed by atoms with Crippen molar-refractivity contribution in [2.45, 2.75) is 39.7 Å². The van der Waals surface area contributed by atoms with Crippen LogP contribution in [0.2, 0.25) is 0 Å². The third-order valence-corrected chi connectivity index (χ3v) is 4.82. The van der Waals surface area contributed by atoms with Crippen LogP contribution in [0.15, 0.2) is 28.8 Å². The summed E-state index contributed by atoms with van der Waals surface area (Å²) in [5, 5.41) is 4.10. The zero-order valence-corrected chi connectivity index (χ0v) is 14.6.